The molecule has 0 radical (unpaired) electrons. The summed E-state index contributed by atoms with van der Waals surface area (Å²) in [4.78, 5) is 0. The van der Waals surface area contributed by atoms with Gasteiger partial charge in [-0.2, -0.15) is 0 Å². The van der Waals surface area contributed by atoms with Crippen LogP contribution in [0.25, 0.3) is 0 Å². The predicted molar refractivity (Wildman–Crippen MR) is 80.9 cm³/mol. The molecule has 2 rings (SSSR count). The van der Waals surface area contributed by atoms with Crippen molar-refractivity contribution in [2.24, 2.45) is 0 Å². The molecule has 1 atom stereocenters. The third kappa shape index (κ3) is 2.76. The van der Waals surface area contributed by atoms with Crippen molar-refractivity contribution in [1.82, 2.24) is 5.32 Å². The Balaban J connectivity index is 2.55. The maximum Gasteiger partial charge on any atom is 0.173 e. The summed E-state index contributed by atoms with van der Waals surface area (Å²) in [5, 5.41) is 3.16. The molecule has 0 aliphatic heterocycles. The van der Waals surface area contributed by atoms with Gasteiger partial charge in [0.1, 0.15) is 0 Å². The highest BCUT2D eigenvalue weighted by Crippen LogP contribution is 2.32. The molecule has 20 heavy (non-hydrogen) atoms. The first-order chi connectivity index (χ1) is 9.45. The van der Waals surface area contributed by atoms with Crippen LogP contribution in [0, 0.1) is 25.5 Å². The highest BCUT2D eigenvalue weighted by Gasteiger charge is 2.20. The van der Waals surface area contributed by atoms with E-state index < -0.39 is 11.6 Å². The van der Waals surface area contributed by atoms with Crippen molar-refractivity contribution in [3.05, 3.63) is 68.7 Å². The first kappa shape index (κ1) is 15.1. The highest BCUT2D eigenvalue weighted by atomic mass is 79.9. The van der Waals surface area contributed by atoms with Gasteiger partial charge in [0.25, 0.3) is 0 Å². The van der Waals surface area contributed by atoms with E-state index in [2.05, 4.69) is 27.3 Å². The molecular formula is C16H16BrF2N. The van der Waals surface area contributed by atoms with Gasteiger partial charge in [-0.1, -0.05) is 29.8 Å². The Morgan fingerprint density at radius 1 is 1.05 bits per heavy atom. The van der Waals surface area contributed by atoms with E-state index in [1.807, 2.05) is 26.0 Å². The molecule has 2 aromatic rings. The van der Waals surface area contributed by atoms with E-state index in [0.29, 0.717) is 5.56 Å². The zero-order valence-electron chi connectivity index (χ0n) is 11.6. The number of benzene rings is 2. The van der Waals surface area contributed by atoms with Crippen molar-refractivity contribution in [3.8, 4) is 0 Å². The molecule has 0 heterocycles. The normalized spacial score (nSPS) is 12.5. The third-order valence-electron chi connectivity index (χ3n) is 3.40. The van der Waals surface area contributed by atoms with Crippen LogP contribution in [-0.4, -0.2) is 7.05 Å². The molecule has 106 valence electrons. The molecule has 0 fully saturated rings. The molecule has 4 heteroatoms. The Bertz CT molecular complexity index is 641. The molecule has 0 amide bonds. The molecule has 0 aromatic heterocycles. The van der Waals surface area contributed by atoms with E-state index in [4.69, 9.17) is 0 Å². The smallest absolute Gasteiger partial charge is 0.173 e. The first-order valence-electron chi connectivity index (χ1n) is 6.33. The maximum absolute atomic E-state index is 13.7. The van der Waals surface area contributed by atoms with Crippen molar-refractivity contribution in [2.45, 2.75) is 19.9 Å². The van der Waals surface area contributed by atoms with Crippen LogP contribution in [0.4, 0.5) is 8.78 Å². The number of rotatable bonds is 3. The minimum atomic E-state index is -0.854. The topological polar surface area (TPSA) is 12.0 Å². The molecule has 0 spiro atoms. The number of hydrogen-bond acceptors (Lipinski definition) is 1. The third-order valence-corrected chi connectivity index (χ3v) is 4.21. The maximum atomic E-state index is 13.7. The van der Waals surface area contributed by atoms with Gasteiger partial charge in [0, 0.05) is 0 Å². The quantitative estimate of drug-likeness (QED) is 0.802. The van der Waals surface area contributed by atoms with Gasteiger partial charge >= 0.3 is 0 Å². The van der Waals surface area contributed by atoms with Crippen molar-refractivity contribution >= 4 is 15.9 Å². The Morgan fingerprint density at radius 2 is 1.70 bits per heavy atom. The summed E-state index contributed by atoms with van der Waals surface area (Å²) >= 11 is 3.15. The van der Waals surface area contributed by atoms with Crippen LogP contribution < -0.4 is 5.32 Å². The minimum Gasteiger partial charge on any atom is -0.309 e. The zero-order chi connectivity index (χ0) is 14.9. The van der Waals surface area contributed by atoms with E-state index in [-0.39, 0.29) is 10.5 Å². The average Bonchev–Trinajstić information content (AvgIpc) is 2.41. The Kier molecular flexibility index (Phi) is 4.55. The van der Waals surface area contributed by atoms with E-state index in [1.165, 1.54) is 5.56 Å². The van der Waals surface area contributed by atoms with E-state index in [0.717, 1.165) is 17.2 Å². The van der Waals surface area contributed by atoms with Crippen molar-refractivity contribution in [2.75, 3.05) is 7.05 Å². The van der Waals surface area contributed by atoms with Crippen LogP contribution in [0.15, 0.2) is 34.8 Å². The Morgan fingerprint density at radius 3 is 2.30 bits per heavy atom. The van der Waals surface area contributed by atoms with Crippen LogP contribution in [-0.2, 0) is 0 Å². The lowest BCUT2D eigenvalue weighted by Gasteiger charge is -2.21. The van der Waals surface area contributed by atoms with Crippen molar-refractivity contribution in [3.63, 3.8) is 0 Å². The van der Waals surface area contributed by atoms with Gasteiger partial charge in [0.15, 0.2) is 11.6 Å². The van der Waals surface area contributed by atoms with Gasteiger partial charge in [0.05, 0.1) is 10.5 Å². The first-order valence-corrected chi connectivity index (χ1v) is 7.12. The molecule has 0 aliphatic rings. The van der Waals surface area contributed by atoms with Gasteiger partial charge in [-0.15, -0.1) is 0 Å². The SMILES string of the molecule is CNC(c1ccc(C)cc1C)c1ccc(F)c(F)c1Br. The molecule has 0 bridgehead atoms. The summed E-state index contributed by atoms with van der Waals surface area (Å²) in [5.41, 5.74) is 4.01. The lowest BCUT2D eigenvalue weighted by molar-refractivity contribution is 0.499. The second kappa shape index (κ2) is 6.02. The number of hydrogen-bond donors (Lipinski definition) is 1. The van der Waals surface area contributed by atoms with Gasteiger partial charge in [-0.3, -0.25) is 0 Å². The summed E-state index contributed by atoms with van der Waals surface area (Å²) in [6, 6.07) is 8.67. The Labute approximate surface area is 126 Å². The summed E-state index contributed by atoms with van der Waals surface area (Å²) in [7, 11) is 1.80. The number of halogens is 3. The number of nitrogens with one attached hydrogen (secondary N) is 1. The summed E-state index contributed by atoms with van der Waals surface area (Å²) in [6.45, 7) is 4.04. The van der Waals surface area contributed by atoms with E-state index >= 15 is 0 Å². The van der Waals surface area contributed by atoms with Gasteiger partial charge in [0.2, 0.25) is 0 Å². The van der Waals surface area contributed by atoms with Gasteiger partial charge in [-0.25, -0.2) is 8.78 Å². The average molecular weight is 340 g/mol. The van der Waals surface area contributed by atoms with Crippen LogP contribution in [0.5, 0.6) is 0 Å². The molecule has 1 N–H and O–H groups in total. The van der Waals surface area contributed by atoms with Crippen LogP contribution in [0.3, 0.4) is 0 Å². The standard InChI is InChI=1S/C16H16BrF2N/c1-9-4-5-11(10(2)8-9)16(20-3)12-6-7-13(18)15(19)14(12)17/h4-8,16,20H,1-3H3. The lowest BCUT2D eigenvalue weighted by Crippen LogP contribution is -2.19. The molecule has 2 aromatic carbocycles. The van der Waals surface area contributed by atoms with Crippen LogP contribution in [0.1, 0.15) is 28.3 Å². The zero-order valence-corrected chi connectivity index (χ0v) is 13.2. The summed E-state index contributed by atoms with van der Waals surface area (Å²) in [5.74, 6) is -1.70. The van der Waals surface area contributed by atoms with Crippen molar-refractivity contribution in [1.29, 1.82) is 0 Å². The monoisotopic (exact) mass is 339 g/mol. The molecule has 1 nitrogen and oxygen atoms in total. The summed E-state index contributed by atoms with van der Waals surface area (Å²) < 4.78 is 27.1. The Hall–Kier alpha value is -1.26. The van der Waals surface area contributed by atoms with Gasteiger partial charge < -0.3 is 5.32 Å². The van der Waals surface area contributed by atoms with Gasteiger partial charge in [-0.05, 0) is 59.6 Å². The van der Waals surface area contributed by atoms with Crippen LogP contribution >= 0.6 is 15.9 Å². The fraction of sp³-hybridized carbons (Fsp3) is 0.250. The van der Waals surface area contributed by atoms with E-state index in [1.54, 1.807) is 13.1 Å². The molecule has 1 unspecified atom stereocenters. The molecular weight excluding hydrogens is 324 g/mol. The second-order valence-corrected chi connectivity index (χ2v) is 5.64. The highest BCUT2D eigenvalue weighted by molar-refractivity contribution is 9.10. The van der Waals surface area contributed by atoms with Crippen molar-refractivity contribution < 1.29 is 8.78 Å². The fourth-order valence-corrected chi connectivity index (χ4v) is 2.94. The van der Waals surface area contributed by atoms with E-state index in [9.17, 15) is 8.78 Å². The molecule has 0 saturated heterocycles. The van der Waals surface area contributed by atoms with Crippen LogP contribution in [0.2, 0.25) is 0 Å². The summed E-state index contributed by atoms with van der Waals surface area (Å²) in [6.07, 6.45) is 0. The lowest BCUT2D eigenvalue weighted by atomic mass is 9.94. The predicted octanol–water partition coefficient (Wildman–Crippen LogP) is 4.65. The largest absolute Gasteiger partial charge is 0.309 e. The fourth-order valence-electron chi connectivity index (χ4n) is 2.39. The molecule has 0 saturated carbocycles. The second-order valence-electron chi connectivity index (χ2n) is 4.85. The minimum absolute atomic E-state index is 0.164. The molecule has 0 aliphatic carbocycles. The number of aryl methyl sites for hydroxylation is 2.